The minimum absolute atomic E-state index is 0.0664. The summed E-state index contributed by atoms with van der Waals surface area (Å²) < 4.78 is 11.1. The van der Waals surface area contributed by atoms with Crippen molar-refractivity contribution < 1.29 is 24.5 Å². The molecule has 1 fully saturated rings. The van der Waals surface area contributed by atoms with Gasteiger partial charge in [0.2, 0.25) is 6.29 Å². The predicted octanol–water partition coefficient (Wildman–Crippen LogP) is 0.516. The Morgan fingerprint density at radius 1 is 1.52 bits per heavy atom. The number of carbonyl (C=O) groups is 1. The standard InChI is InChI=1S/C14H20N2O5/c1-16-10-3-2-8(7-15)4-11(10)20-13-6-9(17)5-12(21-13)14(18)19/h2-4,9,12-13,16-17H,5-7,15H2,1H3,(H,18,19). The number of hydrogen-bond acceptors (Lipinski definition) is 6. The van der Waals surface area contributed by atoms with Gasteiger partial charge in [-0.1, -0.05) is 6.07 Å². The highest BCUT2D eigenvalue weighted by atomic mass is 16.7. The van der Waals surface area contributed by atoms with E-state index in [4.69, 9.17) is 20.3 Å². The molecule has 1 aromatic carbocycles. The number of carboxylic acid groups (broad SMARTS) is 1. The number of rotatable bonds is 5. The molecule has 1 saturated heterocycles. The highest BCUT2D eigenvalue weighted by Crippen LogP contribution is 2.29. The smallest absolute Gasteiger partial charge is 0.333 e. The van der Waals surface area contributed by atoms with Crippen LogP contribution in [-0.4, -0.2) is 41.7 Å². The highest BCUT2D eigenvalue weighted by molar-refractivity contribution is 5.72. The van der Waals surface area contributed by atoms with Gasteiger partial charge in [-0.15, -0.1) is 0 Å². The lowest BCUT2D eigenvalue weighted by Crippen LogP contribution is -2.42. The molecule has 0 radical (unpaired) electrons. The number of aliphatic hydroxyl groups excluding tert-OH is 1. The average Bonchev–Trinajstić information content (AvgIpc) is 2.46. The number of carboxylic acids is 1. The first-order valence-electron chi connectivity index (χ1n) is 6.77. The molecule has 5 N–H and O–H groups in total. The van der Waals surface area contributed by atoms with Crippen LogP contribution in [0.15, 0.2) is 18.2 Å². The maximum atomic E-state index is 11.0. The number of ether oxygens (including phenoxy) is 2. The number of aliphatic hydroxyl groups is 1. The predicted molar refractivity (Wildman–Crippen MR) is 76.0 cm³/mol. The van der Waals surface area contributed by atoms with Crippen molar-refractivity contribution >= 4 is 11.7 Å². The van der Waals surface area contributed by atoms with Gasteiger partial charge in [-0.05, 0) is 17.7 Å². The molecule has 116 valence electrons. The van der Waals surface area contributed by atoms with Crippen LogP contribution in [0.1, 0.15) is 18.4 Å². The summed E-state index contributed by atoms with van der Waals surface area (Å²) in [5.74, 6) is -0.587. The van der Waals surface area contributed by atoms with Crippen molar-refractivity contribution in [2.75, 3.05) is 12.4 Å². The summed E-state index contributed by atoms with van der Waals surface area (Å²) in [4.78, 5) is 11.0. The van der Waals surface area contributed by atoms with Gasteiger partial charge in [0.1, 0.15) is 5.75 Å². The molecule has 0 saturated carbocycles. The lowest BCUT2D eigenvalue weighted by atomic mass is 10.1. The van der Waals surface area contributed by atoms with E-state index >= 15 is 0 Å². The zero-order chi connectivity index (χ0) is 15.4. The van der Waals surface area contributed by atoms with Gasteiger partial charge >= 0.3 is 5.97 Å². The van der Waals surface area contributed by atoms with Gasteiger partial charge in [0.15, 0.2) is 6.10 Å². The largest absolute Gasteiger partial charge is 0.479 e. The summed E-state index contributed by atoms with van der Waals surface area (Å²) in [7, 11) is 1.75. The van der Waals surface area contributed by atoms with E-state index < -0.39 is 24.5 Å². The van der Waals surface area contributed by atoms with E-state index in [0.717, 1.165) is 11.3 Å². The topological polar surface area (TPSA) is 114 Å². The zero-order valence-electron chi connectivity index (χ0n) is 11.8. The summed E-state index contributed by atoms with van der Waals surface area (Å²) in [5.41, 5.74) is 7.23. The van der Waals surface area contributed by atoms with E-state index in [0.29, 0.717) is 12.3 Å². The Morgan fingerprint density at radius 3 is 2.90 bits per heavy atom. The van der Waals surface area contributed by atoms with Crippen LogP contribution in [0, 0.1) is 0 Å². The quantitative estimate of drug-likeness (QED) is 0.626. The summed E-state index contributed by atoms with van der Waals surface area (Å²) >= 11 is 0. The minimum atomic E-state index is -1.10. The van der Waals surface area contributed by atoms with Crippen molar-refractivity contribution in [2.45, 2.75) is 37.9 Å². The molecule has 0 aromatic heterocycles. The summed E-state index contributed by atoms with van der Waals surface area (Å²) in [6.07, 6.45) is -2.35. The van der Waals surface area contributed by atoms with Gasteiger partial charge in [0, 0.05) is 26.4 Å². The Hall–Kier alpha value is -1.83. The van der Waals surface area contributed by atoms with Gasteiger partial charge in [0.05, 0.1) is 11.8 Å². The Labute approximate surface area is 122 Å². The first-order valence-corrected chi connectivity index (χ1v) is 6.77. The van der Waals surface area contributed by atoms with E-state index in [2.05, 4.69) is 5.32 Å². The van der Waals surface area contributed by atoms with E-state index in [1.807, 2.05) is 12.1 Å². The molecule has 0 bridgehead atoms. The normalized spacial score (nSPS) is 25.4. The third-order valence-corrected chi connectivity index (χ3v) is 3.35. The zero-order valence-corrected chi connectivity index (χ0v) is 11.8. The lowest BCUT2D eigenvalue weighted by molar-refractivity contribution is -0.195. The van der Waals surface area contributed by atoms with Gasteiger partial charge < -0.3 is 30.7 Å². The number of nitrogens with one attached hydrogen (secondary N) is 1. The van der Waals surface area contributed by atoms with Gasteiger partial charge in [-0.3, -0.25) is 0 Å². The maximum Gasteiger partial charge on any atom is 0.333 e. The first kappa shape index (κ1) is 15.6. The van der Waals surface area contributed by atoms with E-state index in [9.17, 15) is 9.90 Å². The van der Waals surface area contributed by atoms with Crippen LogP contribution in [0.4, 0.5) is 5.69 Å². The van der Waals surface area contributed by atoms with Gasteiger partial charge in [0.25, 0.3) is 0 Å². The number of anilines is 1. The van der Waals surface area contributed by atoms with Crippen molar-refractivity contribution in [1.82, 2.24) is 0 Å². The van der Waals surface area contributed by atoms with E-state index in [1.54, 1.807) is 13.1 Å². The molecular weight excluding hydrogens is 276 g/mol. The van der Waals surface area contributed by atoms with Crippen molar-refractivity contribution in [3.8, 4) is 5.75 Å². The number of nitrogens with two attached hydrogens (primary N) is 1. The molecule has 1 aliphatic heterocycles. The van der Waals surface area contributed by atoms with Crippen molar-refractivity contribution in [1.29, 1.82) is 0 Å². The Balaban J connectivity index is 2.14. The van der Waals surface area contributed by atoms with Crippen LogP contribution < -0.4 is 15.8 Å². The molecule has 0 aliphatic carbocycles. The van der Waals surface area contributed by atoms with Crippen LogP contribution in [0.2, 0.25) is 0 Å². The molecule has 1 aliphatic rings. The summed E-state index contributed by atoms with van der Waals surface area (Å²) in [6.45, 7) is 0.367. The highest BCUT2D eigenvalue weighted by Gasteiger charge is 2.34. The first-order chi connectivity index (χ1) is 10.0. The molecule has 0 amide bonds. The Kier molecular flexibility index (Phi) is 5.00. The molecule has 21 heavy (non-hydrogen) atoms. The van der Waals surface area contributed by atoms with Gasteiger partial charge in [-0.25, -0.2) is 4.79 Å². The van der Waals surface area contributed by atoms with Crippen LogP contribution >= 0.6 is 0 Å². The van der Waals surface area contributed by atoms with Crippen LogP contribution in [0.25, 0.3) is 0 Å². The van der Waals surface area contributed by atoms with Crippen molar-refractivity contribution in [3.05, 3.63) is 23.8 Å². The third kappa shape index (κ3) is 3.84. The average molecular weight is 296 g/mol. The molecule has 7 heteroatoms. The van der Waals surface area contributed by atoms with Crippen LogP contribution in [0.3, 0.4) is 0 Å². The monoisotopic (exact) mass is 296 g/mol. The second-order valence-corrected chi connectivity index (χ2v) is 4.92. The minimum Gasteiger partial charge on any atom is -0.479 e. The fourth-order valence-electron chi connectivity index (χ4n) is 2.23. The molecular formula is C14H20N2O5. The molecule has 1 aromatic rings. The number of hydrogen-bond donors (Lipinski definition) is 4. The molecule has 0 spiro atoms. The summed E-state index contributed by atoms with van der Waals surface area (Å²) in [5, 5.41) is 21.7. The second-order valence-electron chi connectivity index (χ2n) is 4.92. The van der Waals surface area contributed by atoms with Gasteiger partial charge in [-0.2, -0.15) is 0 Å². The fourth-order valence-corrected chi connectivity index (χ4v) is 2.23. The number of benzene rings is 1. The number of aliphatic carboxylic acids is 1. The fraction of sp³-hybridized carbons (Fsp3) is 0.500. The van der Waals surface area contributed by atoms with E-state index in [-0.39, 0.29) is 12.8 Å². The second kappa shape index (κ2) is 6.75. The third-order valence-electron chi connectivity index (χ3n) is 3.35. The summed E-state index contributed by atoms with van der Waals surface area (Å²) in [6, 6.07) is 5.47. The SMILES string of the molecule is CNc1ccc(CN)cc1OC1CC(O)CC(C(=O)O)O1. The molecule has 7 nitrogen and oxygen atoms in total. The van der Waals surface area contributed by atoms with Crippen LogP contribution in [0.5, 0.6) is 5.75 Å². The van der Waals surface area contributed by atoms with E-state index in [1.165, 1.54) is 0 Å². The maximum absolute atomic E-state index is 11.0. The Bertz CT molecular complexity index is 508. The molecule has 1 heterocycles. The Morgan fingerprint density at radius 2 is 2.29 bits per heavy atom. The van der Waals surface area contributed by atoms with Crippen LogP contribution in [-0.2, 0) is 16.1 Å². The van der Waals surface area contributed by atoms with Crippen molar-refractivity contribution in [3.63, 3.8) is 0 Å². The molecule has 3 unspecified atom stereocenters. The van der Waals surface area contributed by atoms with Crippen molar-refractivity contribution in [2.24, 2.45) is 5.73 Å². The lowest BCUT2D eigenvalue weighted by Gasteiger charge is -2.31. The molecule has 2 rings (SSSR count). The molecule has 3 atom stereocenters.